The summed E-state index contributed by atoms with van der Waals surface area (Å²) in [6, 6.07) is 0. The van der Waals surface area contributed by atoms with Gasteiger partial charge < -0.3 is 15.6 Å². The first kappa shape index (κ1) is 10.5. The molecule has 0 spiro atoms. The number of nitrogens with two attached hydrogens (primary N) is 1. The van der Waals surface area contributed by atoms with Gasteiger partial charge in [0.05, 0.1) is 6.61 Å². The van der Waals surface area contributed by atoms with E-state index in [2.05, 4.69) is 0 Å². The topological polar surface area (TPSA) is 63.3 Å². The van der Waals surface area contributed by atoms with Crippen LogP contribution in [0.3, 0.4) is 0 Å². The molecular weight excluding hydrogens is 106 g/mol. The lowest BCUT2D eigenvalue weighted by molar-refractivity contribution is -0.114. The van der Waals surface area contributed by atoms with Gasteiger partial charge >= 0.3 is 0 Å². The lowest BCUT2D eigenvalue weighted by Gasteiger charge is -1.71. The van der Waals surface area contributed by atoms with Crippen molar-refractivity contribution in [3.05, 3.63) is 0 Å². The van der Waals surface area contributed by atoms with Gasteiger partial charge in [-0.15, -0.1) is 0 Å². The number of hydrogen-bond donors (Lipinski definition) is 2. The van der Waals surface area contributed by atoms with Gasteiger partial charge in [-0.05, 0) is 13.8 Å². The van der Waals surface area contributed by atoms with E-state index >= 15 is 0 Å². The van der Waals surface area contributed by atoms with Crippen LogP contribution in [-0.2, 0) is 4.79 Å². The molecule has 0 heterocycles. The van der Waals surface area contributed by atoms with Gasteiger partial charge in [0.2, 0.25) is 0 Å². The molecule has 0 aliphatic carbocycles. The lowest BCUT2D eigenvalue weighted by Crippen LogP contribution is -2.02. The number of rotatable bonds is 1. The largest absolute Gasteiger partial charge is 0.395 e. The van der Waals surface area contributed by atoms with Gasteiger partial charge in [-0.25, -0.2) is 0 Å². The standard InChI is InChI=1S/C3H6O.C2H7NO/c1-3(2)4;3-1-2-4/h1-2H3;4H,1-3H2. The van der Waals surface area contributed by atoms with E-state index in [0.29, 0.717) is 6.54 Å². The Hall–Kier alpha value is -0.410. The third-order valence-corrected chi connectivity index (χ3v) is 0.129. The molecule has 0 saturated heterocycles. The fraction of sp³-hybridized carbons (Fsp3) is 0.800. The minimum absolute atomic E-state index is 0.0972. The highest BCUT2D eigenvalue weighted by Crippen LogP contribution is 1.50. The van der Waals surface area contributed by atoms with Crippen LogP contribution in [0.5, 0.6) is 0 Å². The summed E-state index contributed by atoms with van der Waals surface area (Å²) in [6.45, 7) is 3.53. The molecule has 50 valence electrons. The molecule has 3 nitrogen and oxygen atoms in total. The molecule has 0 aromatic carbocycles. The number of carbonyl (C=O) groups excluding carboxylic acids is 1. The molecule has 0 rings (SSSR count). The Morgan fingerprint density at radius 1 is 1.62 bits per heavy atom. The van der Waals surface area contributed by atoms with Crippen molar-refractivity contribution >= 4 is 5.78 Å². The van der Waals surface area contributed by atoms with Gasteiger partial charge in [0, 0.05) is 6.54 Å². The summed E-state index contributed by atoms with van der Waals surface area (Å²) >= 11 is 0. The van der Waals surface area contributed by atoms with Crippen molar-refractivity contribution in [3.8, 4) is 0 Å². The smallest absolute Gasteiger partial charge is 0.126 e. The van der Waals surface area contributed by atoms with Gasteiger partial charge in [-0.2, -0.15) is 0 Å². The summed E-state index contributed by atoms with van der Waals surface area (Å²) in [5.41, 5.74) is 4.78. The molecule has 8 heavy (non-hydrogen) atoms. The van der Waals surface area contributed by atoms with E-state index in [1.54, 1.807) is 0 Å². The molecule has 0 bridgehead atoms. The summed E-state index contributed by atoms with van der Waals surface area (Å²) in [4.78, 5) is 9.44. The minimum Gasteiger partial charge on any atom is -0.395 e. The Balaban J connectivity index is 0. The summed E-state index contributed by atoms with van der Waals surface area (Å²) in [5.74, 6) is 0.167. The van der Waals surface area contributed by atoms with Crippen molar-refractivity contribution < 1.29 is 9.90 Å². The monoisotopic (exact) mass is 119 g/mol. The Labute approximate surface area is 49.5 Å². The van der Waals surface area contributed by atoms with Crippen molar-refractivity contribution in [3.63, 3.8) is 0 Å². The lowest BCUT2D eigenvalue weighted by atomic mass is 10.6. The minimum atomic E-state index is 0.0972. The molecule has 0 saturated carbocycles. The van der Waals surface area contributed by atoms with Crippen molar-refractivity contribution in [2.24, 2.45) is 5.73 Å². The molecule has 0 amide bonds. The first-order valence-electron chi connectivity index (χ1n) is 2.43. The Bertz CT molecular complexity index is 48.4. The van der Waals surface area contributed by atoms with Crippen LogP contribution in [-0.4, -0.2) is 24.0 Å². The van der Waals surface area contributed by atoms with E-state index < -0.39 is 0 Å². The van der Waals surface area contributed by atoms with Gasteiger partial charge in [0.25, 0.3) is 0 Å². The van der Waals surface area contributed by atoms with Crippen LogP contribution in [0.25, 0.3) is 0 Å². The van der Waals surface area contributed by atoms with Crippen LogP contribution in [0.2, 0.25) is 0 Å². The summed E-state index contributed by atoms with van der Waals surface area (Å²) in [5, 5.41) is 7.75. The molecular formula is C5H13NO2. The summed E-state index contributed by atoms with van der Waals surface area (Å²) in [7, 11) is 0. The van der Waals surface area contributed by atoms with Crippen LogP contribution >= 0.6 is 0 Å². The van der Waals surface area contributed by atoms with Gasteiger partial charge in [0.15, 0.2) is 0 Å². The maximum Gasteiger partial charge on any atom is 0.126 e. The Morgan fingerprint density at radius 3 is 1.75 bits per heavy atom. The third-order valence-electron chi connectivity index (χ3n) is 0.129. The normalized spacial score (nSPS) is 7.00. The van der Waals surface area contributed by atoms with E-state index in [9.17, 15) is 4.79 Å². The number of ketones is 1. The van der Waals surface area contributed by atoms with Gasteiger partial charge in [-0.3, -0.25) is 0 Å². The highest BCUT2D eigenvalue weighted by Gasteiger charge is 1.62. The van der Waals surface area contributed by atoms with Crippen LogP contribution in [0.4, 0.5) is 0 Å². The first-order chi connectivity index (χ1) is 3.65. The second kappa shape index (κ2) is 9.77. The zero-order chi connectivity index (χ0) is 6.99. The number of aliphatic hydroxyl groups is 1. The van der Waals surface area contributed by atoms with E-state index in [1.807, 2.05) is 0 Å². The van der Waals surface area contributed by atoms with Crippen LogP contribution in [0.15, 0.2) is 0 Å². The van der Waals surface area contributed by atoms with Crippen LogP contribution in [0, 0.1) is 0 Å². The average molecular weight is 119 g/mol. The average Bonchev–Trinajstić information content (AvgIpc) is 1.65. The number of carbonyl (C=O) groups is 1. The van der Waals surface area contributed by atoms with E-state index in [1.165, 1.54) is 13.8 Å². The third kappa shape index (κ3) is 338. The summed E-state index contributed by atoms with van der Waals surface area (Å²) < 4.78 is 0. The fourth-order valence-corrected chi connectivity index (χ4v) is 0. The second-order valence-electron chi connectivity index (χ2n) is 1.42. The maximum absolute atomic E-state index is 9.44. The quantitative estimate of drug-likeness (QED) is 0.490. The van der Waals surface area contributed by atoms with Gasteiger partial charge in [0.1, 0.15) is 5.78 Å². The van der Waals surface area contributed by atoms with Crippen LogP contribution in [0.1, 0.15) is 13.8 Å². The molecule has 3 heteroatoms. The first-order valence-corrected chi connectivity index (χ1v) is 2.43. The highest BCUT2D eigenvalue weighted by molar-refractivity contribution is 5.72. The molecule has 0 aromatic rings. The second-order valence-corrected chi connectivity index (χ2v) is 1.42. The number of Topliss-reactive ketones (excluding diaryl/α,β-unsaturated/α-hetero) is 1. The number of hydrogen-bond acceptors (Lipinski definition) is 3. The van der Waals surface area contributed by atoms with Crippen molar-refractivity contribution in [2.45, 2.75) is 13.8 Å². The number of aliphatic hydroxyl groups excluding tert-OH is 1. The predicted molar refractivity (Wildman–Crippen MR) is 32.5 cm³/mol. The summed E-state index contributed by atoms with van der Waals surface area (Å²) in [6.07, 6.45) is 0. The molecule has 0 aromatic heterocycles. The zero-order valence-corrected chi connectivity index (χ0v) is 5.35. The molecule has 0 unspecified atom stereocenters. The Kier molecular flexibility index (Phi) is 12.9. The molecule has 0 fully saturated rings. The molecule has 0 aliphatic rings. The predicted octanol–water partition coefficient (Wildman–Crippen LogP) is -0.467. The maximum atomic E-state index is 9.44. The van der Waals surface area contributed by atoms with E-state index in [-0.39, 0.29) is 12.4 Å². The van der Waals surface area contributed by atoms with Crippen molar-refractivity contribution in [1.82, 2.24) is 0 Å². The highest BCUT2D eigenvalue weighted by atomic mass is 16.3. The molecule has 0 radical (unpaired) electrons. The zero-order valence-electron chi connectivity index (χ0n) is 5.35. The molecule has 0 atom stereocenters. The van der Waals surface area contributed by atoms with Crippen molar-refractivity contribution in [2.75, 3.05) is 13.2 Å². The van der Waals surface area contributed by atoms with E-state index in [0.717, 1.165) is 0 Å². The van der Waals surface area contributed by atoms with Crippen molar-refractivity contribution in [1.29, 1.82) is 0 Å². The Morgan fingerprint density at radius 2 is 1.75 bits per heavy atom. The van der Waals surface area contributed by atoms with Gasteiger partial charge in [-0.1, -0.05) is 0 Å². The van der Waals surface area contributed by atoms with E-state index in [4.69, 9.17) is 10.8 Å². The fourth-order valence-electron chi connectivity index (χ4n) is 0. The molecule has 3 N–H and O–H groups in total. The van der Waals surface area contributed by atoms with Crippen LogP contribution < -0.4 is 5.73 Å². The SMILES string of the molecule is CC(C)=O.NCCO. The molecule has 0 aliphatic heterocycles.